The molecule has 0 aliphatic heterocycles. The van der Waals surface area contributed by atoms with Crippen LogP contribution in [-0.2, 0) is 11.3 Å². The highest BCUT2D eigenvalue weighted by atomic mass is 16.5. The van der Waals surface area contributed by atoms with Gasteiger partial charge in [-0.3, -0.25) is 0 Å². The standard InChI is InChI=1S/C15H25NO/c1-4-8-15(11-16-13(2)3)17-12-14-9-6-5-7-10-14/h5-7,9-10,13,15-16H,4,8,11-12H2,1-3H3. The lowest BCUT2D eigenvalue weighted by Gasteiger charge is -2.19. The van der Waals surface area contributed by atoms with Crippen molar-refractivity contribution in [3.05, 3.63) is 35.9 Å². The van der Waals surface area contributed by atoms with Crippen LogP contribution < -0.4 is 5.32 Å². The first-order valence-electron chi connectivity index (χ1n) is 6.61. The number of hydrogen-bond donors (Lipinski definition) is 1. The lowest BCUT2D eigenvalue weighted by Crippen LogP contribution is -2.33. The summed E-state index contributed by atoms with van der Waals surface area (Å²) in [6.45, 7) is 8.19. The average molecular weight is 235 g/mol. The maximum Gasteiger partial charge on any atom is 0.0721 e. The molecule has 0 saturated carbocycles. The molecular formula is C15H25NO. The molecule has 2 nitrogen and oxygen atoms in total. The Balaban J connectivity index is 2.33. The summed E-state index contributed by atoms with van der Waals surface area (Å²) < 4.78 is 5.96. The van der Waals surface area contributed by atoms with Gasteiger partial charge in [-0.2, -0.15) is 0 Å². The molecule has 0 saturated heterocycles. The van der Waals surface area contributed by atoms with E-state index in [9.17, 15) is 0 Å². The van der Waals surface area contributed by atoms with Crippen LogP contribution >= 0.6 is 0 Å². The van der Waals surface area contributed by atoms with Gasteiger partial charge in [0.05, 0.1) is 12.7 Å². The number of hydrogen-bond acceptors (Lipinski definition) is 2. The Morgan fingerprint density at radius 2 is 1.88 bits per heavy atom. The second-order valence-corrected chi connectivity index (χ2v) is 4.77. The summed E-state index contributed by atoms with van der Waals surface area (Å²) in [7, 11) is 0. The molecule has 0 bridgehead atoms. The van der Waals surface area contributed by atoms with Gasteiger partial charge in [0.15, 0.2) is 0 Å². The SMILES string of the molecule is CCCC(CNC(C)C)OCc1ccccc1. The Morgan fingerprint density at radius 3 is 2.47 bits per heavy atom. The molecule has 1 rings (SSSR count). The number of ether oxygens (including phenoxy) is 1. The van der Waals surface area contributed by atoms with Crippen LogP contribution in [-0.4, -0.2) is 18.7 Å². The lowest BCUT2D eigenvalue weighted by atomic mass is 10.2. The molecule has 0 amide bonds. The zero-order valence-electron chi connectivity index (χ0n) is 11.3. The Morgan fingerprint density at radius 1 is 1.18 bits per heavy atom. The molecule has 1 N–H and O–H groups in total. The van der Waals surface area contributed by atoms with Crippen molar-refractivity contribution in [3.63, 3.8) is 0 Å². The molecule has 17 heavy (non-hydrogen) atoms. The fraction of sp³-hybridized carbons (Fsp3) is 0.600. The summed E-state index contributed by atoms with van der Waals surface area (Å²) in [5.74, 6) is 0. The summed E-state index contributed by atoms with van der Waals surface area (Å²) >= 11 is 0. The van der Waals surface area contributed by atoms with Crippen LogP contribution in [0.15, 0.2) is 30.3 Å². The van der Waals surface area contributed by atoms with Gasteiger partial charge in [0.25, 0.3) is 0 Å². The van der Waals surface area contributed by atoms with E-state index in [1.54, 1.807) is 0 Å². The van der Waals surface area contributed by atoms with E-state index in [4.69, 9.17) is 4.74 Å². The Bertz CT molecular complexity index is 284. The summed E-state index contributed by atoms with van der Waals surface area (Å²) in [4.78, 5) is 0. The van der Waals surface area contributed by atoms with Crippen molar-refractivity contribution >= 4 is 0 Å². The summed E-state index contributed by atoms with van der Waals surface area (Å²) in [5, 5.41) is 3.44. The first-order valence-corrected chi connectivity index (χ1v) is 6.61. The van der Waals surface area contributed by atoms with Crippen LogP contribution in [0.1, 0.15) is 39.2 Å². The van der Waals surface area contributed by atoms with Gasteiger partial charge < -0.3 is 10.1 Å². The van der Waals surface area contributed by atoms with E-state index < -0.39 is 0 Å². The predicted molar refractivity (Wildman–Crippen MR) is 73.1 cm³/mol. The highest BCUT2D eigenvalue weighted by molar-refractivity contribution is 5.13. The molecular weight excluding hydrogens is 210 g/mol. The molecule has 0 heterocycles. The summed E-state index contributed by atoms with van der Waals surface area (Å²) in [6, 6.07) is 10.9. The van der Waals surface area contributed by atoms with E-state index in [2.05, 4.69) is 50.4 Å². The number of nitrogens with one attached hydrogen (secondary N) is 1. The average Bonchev–Trinajstić information content (AvgIpc) is 2.34. The molecule has 0 spiro atoms. The van der Waals surface area contributed by atoms with Crippen LogP contribution in [0.5, 0.6) is 0 Å². The van der Waals surface area contributed by atoms with Crippen molar-refractivity contribution in [2.75, 3.05) is 6.54 Å². The maximum atomic E-state index is 5.96. The molecule has 0 radical (unpaired) electrons. The summed E-state index contributed by atoms with van der Waals surface area (Å²) in [5.41, 5.74) is 1.25. The molecule has 96 valence electrons. The molecule has 1 aromatic carbocycles. The lowest BCUT2D eigenvalue weighted by molar-refractivity contribution is 0.0337. The van der Waals surface area contributed by atoms with Gasteiger partial charge in [0.1, 0.15) is 0 Å². The van der Waals surface area contributed by atoms with Crippen LogP contribution in [0.2, 0.25) is 0 Å². The second kappa shape index (κ2) is 8.26. The molecule has 0 fully saturated rings. The van der Waals surface area contributed by atoms with Crippen molar-refractivity contribution in [2.24, 2.45) is 0 Å². The van der Waals surface area contributed by atoms with Crippen LogP contribution in [0, 0.1) is 0 Å². The van der Waals surface area contributed by atoms with Gasteiger partial charge >= 0.3 is 0 Å². The Labute approximate surface area is 105 Å². The maximum absolute atomic E-state index is 5.96. The van der Waals surface area contributed by atoms with Crippen molar-refractivity contribution in [2.45, 2.75) is 52.4 Å². The third-order valence-electron chi connectivity index (χ3n) is 2.69. The van der Waals surface area contributed by atoms with E-state index in [1.807, 2.05) is 6.07 Å². The minimum Gasteiger partial charge on any atom is -0.372 e. The summed E-state index contributed by atoms with van der Waals surface area (Å²) in [6.07, 6.45) is 2.61. The van der Waals surface area contributed by atoms with Gasteiger partial charge in [0, 0.05) is 12.6 Å². The van der Waals surface area contributed by atoms with Crippen LogP contribution in [0.3, 0.4) is 0 Å². The topological polar surface area (TPSA) is 21.3 Å². The largest absolute Gasteiger partial charge is 0.372 e. The van der Waals surface area contributed by atoms with Gasteiger partial charge in [-0.05, 0) is 12.0 Å². The Kier molecular flexibility index (Phi) is 6.90. The number of benzene rings is 1. The smallest absolute Gasteiger partial charge is 0.0721 e. The van der Waals surface area contributed by atoms with Crippen molar-refractivity contribution in [1.29, 1.82) is 0 Å². The van der Waals surface area contributed by atoms with Gasteiger partial charge in [-0.25, -0.2) is 0 Å². The zero-order chi connectivity index (χ0) is 12.5. The minimum atomic E-state index is 0.322. The quantitative estimate of drug-likeness (QED) is 0.746. The highest BCUT2D eigenvalue weighted by Gasteiger charge is 2.08. The van der Waals surface area contributed by atoms with Gasteiger partial charge in [0.2, 0.25) is 0 Å². The normalized spacial score (nSPS) is 12.9. The molecule has 2 heteroatoms. The minimum absolute atomic E-state index is 0.322. The molecule has 0 aromatic heterocycles. The molecule has 1 atom stereocenters. The fourth-order valence-corrected chi connectivity index (χ4v) is 1.72. The van der Waals surface area contributed by atoms with Crippen LogP contribution in [0.25, 0.3) is 0 Å². The Hall–Kier alpha value is -0.860. The molecule has 1 aromatic rings. The van der Waals surface area contributed by atoms with Gasteiger partial charge in [-0.15, -0.1) is 0 Å². The van der Waals surface area contributed by atoms with Crippen molar-refractivity contribution in [3.8, 4) is 0 Å². The van der Waals surface area contributed by atoms with Crippen molar-refractivity contribution in [1.82, 2.24) is 5.32 Å². The molecule has 1 unspecified atom stereocenters. The third kappa shape index (κ3) is 6.44. The van der Waals surface area contributed by atoms with E-state index in [0.717, 1.165) is 13.0 Å². The zero-order valence-corrected chi connectivity index (χ0v) is 11.3. The monoisotopic (exact) mass is 235 g/mol. The predicted octanol–water partition coefficient (Wildman–Crippen LogP) is 3.37. The molecule has 0 aliphatic carbocycles. The number of rotatable bonds is 8. The van der Waals surface area contributed by atoms with Gasteiger partial charge in [-0.1, -0.05) is 57.5 Å². The fourth-order valence-electron chi connectivity index (χ4n) is 1.72. The highest BCUT2D eigenvalue weighted by Crippen LogP contribution is 2.07. The van der Waals surface area contributed by atoms with Crippen molar-refractivity contribution < 1.29 is 4.74 Å². The van der Waals surface area contributed by atoms with E-state index in [-0.39, 0.29) is 0 Å². The van der Waals surface area contributed by atoms with Crippen LogP contribution in [0.4, 0.5) is 0 Å². The second-order valence-electron chi connectivity index (χ2n) is 4.77. The molecule has 0 aliphatic rings. The van der Waals surface area contributed by atoms with E-state index >= 15 is 0 Å². The third-order valence-corrected chi connectivity index (χ3v) is 2.69. The first-order chi connectivity index (χ1) is 8.22. The first kappa shape index (κ1) is 14.2. The van der Waals surface area contributed by atoms with E-state index in [1.165, 1.54) is 12.0 Å². The van der Waals surface area contributed by atoms with E-state index in [0.29, 0.717) is 18.8 Å².